The Bertz CT molecular complexity index is 496. The van der Waals surface area contributed by atoms with Crippen molar-refractivity contribution in [3.63, 3.8) is 0 Å². The van der Waals surface area contributed by atoms with Crippen LogP contribution in [0.1, 0.15) is 24.5 Å². The Balaban J connectivity index is 1.36. The second-order valence-electron chi connectivity index (χ2n) is 6.57. The lowest BCUT2D eigenvalue weighted by atomic mass is 10.1. The predicted molar refractivity (Wildman–Crippen MR) is 88.0 cm³/mol. The summed E-state index contributed by atoms with van der Waals surface area (Å²) in [5.41, 5.74) is 0.944. The molecule has 0 radical (unpaired) electrons. The zero-order valence-electron chi connectivity index (χ0n) is 13.6. The summed E-state index contributed by atoms with van der Waals surface area (Å²) >= 11 is 0. The summed E-state index contributed by atoms with van der Waals surface area (Å²) in [7, 11) is 0. The quantitative estimate of drug-likeness (QED) is 0.823. The van der Waals surface area contributed by atoms with Crippen molar-refractivity contribution < 1.29 is 14.6 Å². The van der Waals surface area contributed by atoms with Gasteiger partial charge in [-0.3, -0.25) is 9.69 Å². The van der Waals surface area contributed by atoms with E-state index in [9.17, 15) is 9.90 Å². The smallest absolute Gasteiger partial charge is 0.248 e. The van der Waals surface area contributed by atoms with E-state index in [0.717, 1.165) is 25.3 Å². The highest BCUT2D eigenvalue weighted by atomic mass is 16.5. The van der Waals surface area contributed by atoms with Crippen molar-refractivity contribution >= 4 is 5.91 Å². The van der Waals surface area contributed by atoms with Gasteiger partial charge >= 0.3 is 0 Å². The van der Waals surface area contributed by atoms with Crippen molar-refractivity contribution in [3.8, 4) is 0 Å². The molecule has 1 aliphatic heterocycles. The van der Waals surface area contributed by atoms with E-state index >= 15 is 0 Å². The number of aliphatic hydroxyl groups is 1. The second-order valence-corrected chi connectivity index (χ2v) is 6.57. The Morgan fingerprint density at radius 2 is 1.87 bits per heavy atom. The van der Waals surface area contributed by atoms with E-state index in [-0.39, 0.29) is 12.5 Å². The fourth-order valence-electron chi connectivity index (χ4n) is 2.89. The molecule has 23 heavy (non-hydrogen) atoms. The van der Waals surface area contributed by atoms with Gasteiger partial charge in [-0.1, -0.05) is 30.3 Å². The molecule has 1 saturated carbocycles. The van der Waals surface area contributed by atoms with Crippen molar-refractivity contribution in [2.75, 3.05) is 45.9 Å². The Labute approximate surface area is 137 Å². The van der Waals surface area contributed by atoms with E-state index in [1.54, 1.807) is 0 Å². The van der Waals surface area contributed by atoms with Gasteiger partial charge in [0.25, 0.3) is 0 Å². The van der Waals surface area contributed by atoms with Crippen molar-refractivity contribution in [3.05, 3.63) is 35.9 Å². The lowest BCUT2D eigenvalue weighted by Gasteiger charge is -2.35. The Kier molecular flexibility index (Phi) is 5.65. The van der Waals surface area contributed by atoms with E-state index in [0.29, 0.717) is 25.6 Å². The van der Waals surface area contributed by atoms with Gasteiger partial charge in [-0.05, 0) is 24.3 Å². The third-order valence-electron chi connectivity index (χ3n) is 4.62. The van der Waals surface area contributed by atoms with Crippen LogP contribution in [0, 0.1) is 5.92 Å². The summed E-state index contributed by atoms with van der Waals surface area (Å²) in [5, 5.41) is 10.3. The molecular formula is C18H26N2O3. The minimum atomic E-state index is -0.472. The number of β-amino-alcohol motifs (C(OH)–C–C–N with tert-alkyl or cyclic N) is 1. The third kappa shape index (κ3) is 5.03. The summed E-state index contributed by atoms with van der Waals surface area (Å²) in [6.45, 7) is 4.60. The van der Waals surface area contributed by atoms with Gasteiger partial charge in [0.2, 0.25) is 5.91 Å². The number of amides is 1. The number of aliphatic hydroxyl groups excluding tert-OH is 1. The molecule has 1 heterocycles. The topological polar surface area (TPSA) is 53.0 Å². The fraction of sp³-hybridized carbons (Fsp3) is 0.611. The molecule has 0 spiro atoms. The van der Waals surface area contributed by atoms with Crippen LogP contribution >= 0.6 is 0 Å². The summed E-state index contributed by atoms with van der Waals surface area (Å²) in [4.78, 5) is 16.2. The number of rotatable bonds is 7. The van der Waals surface area contributed by atoms with Crippen molar-refractivity contribution in [2.24, 2.45) is 5.92 Å². The number of carbonyl (C=O) groups excluding carboxylic acids is 1. The first kappa shape index (κ1) is 16.4. The van der Waals surface area contributed by atoms with Gasteiger partial charge in [-0.25, -0.2) is 0 Å². The fourth-order valence-corrected chi connectivity index (χ4v) is 2.89. The van der Waals surface area contributed by atoms with Crippen LogP contribution in [-0.4, -0.2) is 66.8 Å². The molecule has 0 aromatic heterocycles. The zero-order valence-corrected chi connectivity index (χ0v) is 13.6. The average molecular weight is 318 g/mol. The van der Waals surface area contributed by atoms with E-state index in [1.165, 1.54) is 12.8 Å². The molecule has 1 atom stereocenters. The first-order valence-electron chi connectivity index (χ1n) is 8.53. The van der Waals surface area contributed by atoms with Crippen LogP contribution in [0.15, 0.2) is 30.3 Å². The third-order valence-corrected chi connectivity index (χ3v) is 4.62. The minimum absolute atomic E-state index is 0.0916. The van der Waals surface area contributed by atoms with Gasteiger partial charge in [0.05, 0.1) is 12.7 Å². The summed E-state index contributed by atoms with van der Waals surface area (Å²) in [6, 6.07) is 9.72. The molecule has 2 fully saturated rings. The van der Waals surface area contributed by atoms with E-state index in [4.69, 9.17) is 4.74 Å². The lowest BCUT2D eigenvalue weighted by Crippen LogP contribution is -2.50. The highest BCUT2D eigenvalue weighted by Gasteiger charge is 2.25. The number of hydrogen-bond donors (Lipinski definition) is 1. The van der Waals surface area contributed by atoms with Crippen molar-refractivity contribution in [1.29, 1.82) is 0 Å². The van der Waals surface area contributed by atoms with Gasteiger partial charge in [0.1, 0.15) is 6.61 Å². The Morgan fingerprint density at radius 3 is 2.52 bits per heavy atom. The van der Waals surface area contributed by atoms with Crippen LogP contribution in [0.4, 0.5) is 0 Å². The van der Waals surface area contributed by atoms with Gasteiger partial charge < -0.3 is 14.7 Å². The van der Waals surface area contributed by atoms with Crippen molar-refractivity contribution in [1.82, 2.24) is 9.80 Å². The Hall–Kier alpha value is -1.43. The maximum atomic E-state index is 12.1. The summed E-state index contributed by atoms with van der Waals surface area (Å²) < 4.78 is 5.48. The van der Waals surface area contributed by atoms with E-state index in [1.807, 2.05) is 35.2 Å². The molecule has 1 N–H and O–H groups in total. The number of piperazine rings is 1. The molecule has 1 saturated heterocycles. The summed E-state index contributed by atoms with van der Waals surface area (Å²) in [6.07, 6.45) is 2.02. The normalized spacial score (nSPS) is 20.5. The standard InChI is InChI=1S/C18H26N2O3/c21-17(16-4-2-1-3-5-16)12-19-8-10-20(11-9-19)18(22)14-23-13-15-6-7-15/h1-5,15,17,21H,6-14H2. The number of hydrogen-bond acceptors (Lipinski definition) is 4. The average Bonchev–Trinajstić information content (AvgIpc) is 3.40. The molecule has 1 unspecified atom stereocenters. The molecule has 3 rings (SSSR count). The molecule has 5 nitrogen and oxygen atoms in total. The van der Waals surface area contributed by atoms with Crippen LogP contribution < -0.4 is 0 Å². The first-order valence-corrected chi connectivity index (χ1v) is 8.53. The van der Waals surface area contributed by atoms with E-state index in [2.05, 4.69) is 4.90 Å². The van der Waals surface area contributed by atoms with E-state index < -0.39 is 6.10 Å². The monoisotopic (exact) mass is 318 g/mol. The summed E-state index contributed by atoms with van der Waals surface area (Å²) in [5.74, 6) is 0.785. The van der Waals surface area contributed by atoms with Gasteiger partial charge in [0, 0.05) is 32.7 Å². The SMILES string of the molecule is O=C(COCC1CC1)N1CCN(CC(O)c2ccccc2)CC1. The largest absolute Gasteiger partial charge is 0.387 e. The number of ether oxygens (including phenoxy) is 1. The van der Waals surface area contributed by atoms with Crippen LogP contribution in [0.5, 0.6) is 0 Å². The lowest BCUT2D eigenvalue weighted by molar-refractivity contribution is -0.138. The molecular weight excluding hydrogens is 292 g/mol. The van der Waals surface area contributed by atoms with Crippen molar-refractivity contribution in [2.45, 2.75) is 18.9 Å². The minimum Gasteiger partial charge on any atom is -0.387 e. The number of nitrogens with zero attached hydrogens (tertiary/aromatic N) is 2. The Morgan fingerprint density at radius 1 is 1.17 bits per heavy atom. The number of benzene rings is 1. The molecule has 1 aromatic rings. The van der Waals surface area contributed by atoms with Crippen LogP contribution in [-0.2, 0) is 9.53 Å². The molecule has 1 amide bonds. The molecule has 0 bridgehead atoms. The van der Waals surface area contributed by atoms with Gasteiger partial charge in [-0.15, -0.1) is 0 Å². The molecule has 2 aliphatic rings. The maximum absolute atomic E-state index is 12.1. The number of carbonyl (C=O) groups is 1. The molecule has 1 aromatic carbocycles. The maximum Gasteiger partial charge on any atom is 0.248 e. The highest BCUT2D eigenvalue weighted by molar-refractivity contribution is 5.77. The van der Waals surface area contributed by atoms with Gasteiger partial charge in [-0.2, -0.15) is 0 Å². The van der Waals surface area contributed by atoms with Crippen LogP contribution in [0.25, 0.3) is 0 Å². The predicted octanol–water partition coefficient (Wildman–Crippen LogP) is 1.29. The first-order chi connectivity index (χ1) is 11.2. The highest BCUT2D eigenvalue weighted by Crippen LogP contribution is 2.28. The van der Waals surface area contributed by atoms with Crippen LogP contribution in [0.2, 0.25) is 0 Å². The molecule has 126 valence electrons. The van der Waals surface area contributed by atoms with Gasteiger partial charge in [0.15, 0.2) is 0 Å². The van der Waals surface area contributed by atoms with Crippen LogP contribution in [0.3, 0.4) is 0 Å². The second kappa shape index (κ2) is 7.90. The zero-order chi connectivity index (χ0) is 16.1. The molecule has 1 aliphatic carbocycles. The molecule has 5 heteroatoms.